The van der Waals surface area contributed by atoms with Gasteiger partial charge in [0.15, 0.2) is 0 Å². The molecule has 0 fully saturated rings. The number of nitrogen functional groups attached to an aromatic ring is 2. The summed E-state index contributed by atoms with van der Waals surface area (Å²) in [6.45, 7) is 9.95. The molecule has 20 heavy (non-hydrogen) atoms. The first kappa shape index (κ1) is 16.5. The maximum absolute atomic E-state index is 5.92. The van der Waals surface area contributed by atoms with Crippen molar-refractivity contribution in [3.05, 3.63) is 12.1 Å². The SMILES string of the molecule is CC(C)CCOc1cc(OCCC(C)C)c(N)cc1N. The molecular weight excluding hydrogens is 252 g/mol. The quantitative estimate of drug-likeness (QED) is 0.712. The molecule has 0 aliphatic rings. The van der Waals surface area contributed by atoms with Crippen LogP contribution in [-0.4, -0.2) is 13.2 Å². The number of ether oxygens (including phenoxy) is 2. The normalized spacial score (nSPS) is 11.1. The Morgan fingerprint density at radius 3 is 1.55 bits per heavy atom. The van der Waals surface area contributed by atoms with E-state index < -0.39 is 0 Å². The van der Waals surface area contributed by atoms with Crippen LogP contribution in [0.2, 0.25) is 0 Å². The molecule has 0 saturated heterocycles. The van der Waals surface area contributed by atoms with Crippen LogP contribution in [0.3, 0.4) is 0 Å². The van der Waals surface area contributed by atoms with Gasteiger partial charge in [0.25, 0.3) is 0 Å². The van der Waals surface area contributed by atoms with E-state index in [1.54, 1.807) is 12.1 Å². The van der Waals surface area contributed by atoms with E-state index in [0.717, 1.165) is 12.8 Å². The monoisotopic (exact) mass is 280 g/mol. The molecule has 0 amide bonds. The Labute approximate surface area is 122 Å². The van der Waals surface area contributed by atoms with E-state index in [0.29, 0.717) is 47.9 Å². The van der Waals surface area contributed by atoms with Crippen molar-refractivity contribution in [2.45, 2.75) is 40.5 Å². The molecule has 0 spiro atoms. The molecule has 0 aromatic heterocycles. The van der Waals surface area contributed by atoms with Crippen molar-refractivity contribution < 1.29 is 9.47 Å². The molecule has 4 N–H and O–H groups in total. The lowest BCUT2D eigenvalue weighted by Gasteiger charge is -2.15. The van der Waals surface area contributed by atoms with Crippen molar-refractivity contribution in [1.29, 1.82) is 0 Å². The van der Waals surface area contributed by atoms with Crippen molar-refractivity contribution in [2.75, 3.05) is 24.7 Å². The van der Waals surface area contributed by atoms with E-state index in [1.807, 2.05) is 0 Å². The fourth-order valence-electron chi connectivity index (χ4n) is 1.65. The molecule has 0 bridgehead atoms. The first-order valence-electron chi connectivity index (χ1n) is 7.34. The third kappa shape index (κ3) is 5.59. The number of rotatable bonds is 8. The fourth-order valence-corrected chi connectivity index (χ4v) is 1.65. The highest BCUT2D eigenvalue weighted by molar-refractivity contribution is 5.67. The summed E-state index contributed by atoms with van der Waals surface area (Å²) in [5.41, 5.74) is 13.0. The lowest BCUT2D eigenvalue weighted by molar-refractivity contribution is 0.278. The number of benzene rings is 1. The van der Waals surface area contributed by atoms with Crippen LogP contribution in [-0.2, 0) is 0 Å². The van der Waals surface area contributed by atoms with E-state index in [4.69, 9.17) is 20.9 Å². The third-order valence-electron chi connectivity index (χ3n) is 3.05. The van der Waals surface area contributed by atoms with Gasteiger partial charge >= 0.3 is 0 Å². The van der Waals surface area contributed by atoms with Crippen LogP contribution in [0.4, 0.5) is 11.4 Å². The Morgan fingerprint density at radius 1 is 0.800 bits per heavy atom. The highest BCUT2D eigenvalue weighted by atomic mass is 16.5. The van der Waals surface area contributed by atoms with Crippen molar-refractivity contribution in [3.8, 4) is 11.5 Å². The summed E-state index contributed by atoms with van der Waals surface area (Å²) in [4.78, 5) is 0. The molecule has 4 nitrogen and oxygen atoms in total. The van der Waals surface area contributed by atoms with Crippen molar-refractivity contribution in [2.24, 2.45) is 11.8 Å². The van der Waals surface area contributed by atoms with Crippen molar-refractivity contribution in [3.63, 3.8) is 0 Å². The second-order valence-electron chi connectivity index (χ2n) is 5.99. The van der Waals surface area contributed by atoms with Crippen LogP contribution >= 0.6 is 0 Å². The van der Waals surface area contributed by atoms with Gasteiger partial charge in [-0.15, -0.1) is 0 Å². The van der Waals surface area contributed by atoms with Gasteiger partial charge in [0.2, 0.25) is 0 Å². The standard InChI is InChI=1S/C16H28N2O2/c1-11(2)5-7-19-15-10-16(14(18)9-13(15)17)20-8-6-12(3)4/h9-12H,5-8,17-18H2,1-4H3. The Hall–Kier alpha value is -1.58. The molecule has 0 aliphatic heterocycles. The maximum Gasteiger partial charge on any atom is 0.146 e. The zero-order valence-corrected chi connectivity index (χ0v) is 13.1. The zero-order valence-electron chi connectivity index (χ0n) is 13.1. The van der Waals surface area contributed by atoms with E-state index in [2.05, 4.69) is 27.7 Å². The highest BCUT2D eigenvalue weighted by Gasteiger charge is 2.09. The van der Waals surface area contributed by atoms with Gasteiger partial charge in [0.1, 0.15) is 11.5 Å². The number of anilines is 2. The van der Waals surface area contributed by atoms with E-state index in [1.165, 1.54) is 0 Å². The average Bonchev–Trinajstić information content (AvgIpc) is 2.33. The molecule has 114 valence electrons. The average molecular weight is 280 g/mol. The second kappa shape index (κ2) is 7.88. The highest BCUT2D eigenvalue weighted by Crippen LogP contribution is 2.33. The zero-order chi connectivity index (χ0) is 15.1. The smallest absolute Gasteiger partial charge is 0.146 e. The Bertz CT molecular complexity index is 382. The Morgan fingerprint density at radius 2 is 1.20 bits per heavy atom. The molecular formula is C16H28N2O2. The summed E-state index contributed by atoms with van der Waals surface area (Å²) in [6, 6.07) is 3.50. The van der Waals surface area contributed by atoms with Crippen LogP contribution < -0.4 is 20.9 Å². The Balaban J connectivity index is 2.65. The number of hydrogen-bond donors (Lipinski definition) is 2. The fraction of sp³-hybridized carbons (Fsp3) is 0.625. The van der Waals surface area contributed by atoms with Gasteiger partial charge in [-0.05, 0) is 30.7 Å². The third-order valence-corrected chi connectivity index (χ3v) is 3.05. The van der Waals surface area contributed by atoms with Gasteiger partial charge in [-0.2, -0.15) is 0 Å². The molecule has 0 unspecified atom stereocenters. The van der Waals surface area contributed by atoms with Crippen LogP contribution in [0.25, 0.3) is 0 Å². The molecule has 1 aromatic carbocycles. The van der Waals surface area contributed by atoms with E-state index in [-0.39, 0.29) is 0 Å². The summed E-state index contributed by atoms with van der Waals surface area (Å²) in [5, 5.41) is 0. The van der Waals surface area contributed by atoms with E-state index >= 15 is 0 Å². The Kier molecular flexibility index (Phi) is 6.49. The van der Waals surface area contributed by atoms with Gasteiger partial charge in [0, 0.05) is 6.07 Å². The first-order valence-corrected chi connectivity index (χ1v) is 7.34. The van der Waals surface area contributed by atoms with Crippen LogP contribution in [0.5, 0.6) is 11.5 Å². The largest absolute Gasteiger partial charge is 0.491 e. The molecule has 4 heteroatoms. The van der Waals surface area contributed by atoms with Crippen LogP contribution in [0, 0.1) is 11.8 Å². The summed E-state index contributed by atoms with van der Waals surface area (Å²) >= 11 is 0. The van der Waals surface area contributed by atoms with Gasteiger partial charge < -0.3 is 20.9 Å². The number of nitrogens with two attached hydrogens (primary N) is 2. The van der Waals surface area contributed by atoms with Gasteiger partial charge in [-0.3, -0.25) is 0 Å². The summed E-state index contributed by atoms with van der Waals surface area (Å²) in [6.07, 6.45) is 1.99. The summed E-state index contributed by atoms with van der Waals surface area (Å²) in [7, 11) is 0. The minimum atomic E-state index is 0.558. The van der Waals surface area contributed by atoms with Gasteiger partial charge in [-0.25, -0.2) is 0 Å². The van der Waals surface area contributed by atoms with E-state index in [9.17, 15) is 0 Å². The first-order chi connectivity index (χ1) is 9.40. The van der Waals surface area contributed by atoms with Crippen LogP contribution in [0.15, 0.2) is 12.1 Å². The second-order valence-corrected chi connectivity index (χ2v) is 5.99. The molecule has 0 radical (unpaired) electrons. The van der Waals surface area contributed by atoms with Crippen LogP contribution in [0.1, 0.15) is 40.5 Å². The molecule has 0 aliphatic carbocycles. The van der Waals surface area contributed by atoms with Gasteiger partial charge in [-0.1, -0.05) is 27.7 Å². The maximum atomic E-state index is 5.92. The van der Waals surface area contributed by atoms with Crippen molar-refractivity contribution in [1.82, 2.24) is 0 Å². The molecule has 1 rings (SSSR count). The molecule has 0 heterocycles. The predicted molar refractivity (Wildman–Crippen MR) is 85.2 cm³/mol. The lowest BCUT2D eigenvalue weighted by atomic mass is 10.1. The summed E-state index contributed by atoms with van der Waals surface area (Å²) in [5.74, 6) is 2.51. The minimum absolute atomic E-state index is 0.558. The topological polar surface area (TPSA) is 70.5 Å². The van der Waals surface area contributed by atoms with Crippen molar-refractivity contribution >= 4 is 11.4 Å². The number of hydrogen-bond acceptors (Lipinski definition) is 4. The van der Waals surface area contributed by atoms with Gasteiger partial charge in [0.05, 0.1) is 24.6 Å². The lowest BCUT2D eigenvalue weighted by Crippen LogP contribution is -2.07. The molecule has 1 aromatic rings. The minimum Gasteiger partial charge on any atom is -0.491 e. The summed E-state index contributed by atoms with van der Waals surface area (Å²) < 4.78 is 11.4. The molecule has 0 atom stereocenters. The predicted octanol–water partition coefficient (Wildman–Crippen LogP) is 3.70. The molecule has 0 saturated carbocycles.